The van der Waals surface area contributed by atoms with Crippen molar-refractivity contribution in [2.24, 2.45) is 0 Å². The van der Waals surface area contributed by atoms with E-state index in [0.717, 1.165) is 5.52 Å². The van der Waals surface area contributed by atoms with E-state index in [9.17, 15) is 9.59 Å². The van der Waals surface area contributed by atoms with E-state index in [4.69, 9.17) is 5.11 Å². The molecule has 0 aliphatic carbocycles. The average molecular weight is 261 g/mol. The van der Waals surface area contributed by atoms with E-state index in [1.807, 2.05) is 16.8 Å². The summed E-state index contributed by atoms with van der Waals surface area (Å²) < 4.78 is 6.53. The van der Waals surface area contributed by atoms with Crippen LogP contribution in [0, 0.1) is 0 Å². The van der Waals surface area contributed by atoms with Crippen LogP contribution in [0.25, 0.3) is 10.9 Å². The van der Waals surface area contributed by atoms with Crippen molar-refractivity contribution in [3.63, 3.8) is 0 Å². The van der Waals surface area contributed by atoms with Crippen molar-refractivity contribution < 1.29 is 19.4 Å². The van der Waals surface area contributed by atoms with Gasteiger partial charge in [0.15, 0.2) is 0 Å². The Balaban J connectivity index is 2.19. The van der Waals surface area contributed by atoms with Crippen molar-refractivity contribution in [3.8, 4) is 0 Å². The number of rotatable bonds is 5. The predicted molar refractivity (Wildman–Crippen MR) is 70.1 cm³/mol. The molecule has 1 aromatic heterocycles. The molecule has 1 N–H and O–H groups in total. The third-order valence-corrected chi connectivity index (χ3v) is 3.05. The number of methoxy groups -OCH3 is 1. The van der Waals surface area contributed by atoms with Crippen molar-refractivity contribution in [1.29, 1.82) is 0 Å². The van der Waals surface area contributed by atoms with Crippen LogP contribution in [-0.4, -0.2) is 28.7 Å². The lowest BCUT2D eigenvalue weighted by molar-refractivity contribution is -0.140. The zero-order valence-corrected chi connectivity index (χ0v) is 10.6. The van der Waals surface area contributed by atoms with E-state index >= 15 is 0 Å². The third kappa shape index (κ3) is 2.76. The molecule has 0 bridgehead atoms. The minimum absolute atomic E-state index is 0.234. The molecular weight excluding hydrogens is 246 g/mol. The summed E-state index contributed by atoms with van der Waals surface area (Å²) in [5.41, 5.74) is 1.16. The Hall–Kier alpha value is -2.30. The largest absolute Gasteiger partial charge is 0.478 e. The lowest BCUT2D eigenvalue weighted by atomic mass is 10.1. The van der Waals surface area contributed by atoms with Crippen LogP contribution in [0.2, 0.25) is 0 Å². The highest BCUT2D eigenvalue weighted by atomic mass is 16.5. The molecule has 0 amide bonds. The molecule has 2 rings (SSSR count). The lowest BCUT2D eigenvalue weighted by Gasteiger charge is -2.05. The van der Waals surface area contributed by atoms with Gasteiger partial charge in [-0.1, -0.05) is 6.07 Å². The number of esters is 1. The maximum atomic E-state index is 11.1. The number of aromatic carboxylic acids is 1. The molecule has 0 fully saturated rings. The van der Waals surface area contributed by atoms with E-state index in [2.05, 4.69) is 4.74 Å². The zero-order valence-electron chi connectivity index (χ0n) is 10.6. The van der Waals surface area contributed by atoms with Gasteiger partial charge in [0, 0.05) is 30.1 Å². The van der Waals surface area contributed by atoms with E-state index in [0.29, 0.717) is 30.3 Å². The number of carboxylic acid groups (broad SMARTS) is 1. The molecule has 1 heterocycles. The van der Waals surface area contributed by atoms with Gasteiger partial charge in [-0.05, 0) is 24.6 Å². The Morgan fingerprint density at radius 1 is 1.32 bits per heavy atom. The number of carbonyl (C=O) groups excluding carboxylic acids is 1. The number of benzene rings is 1. The fourth-order valence-corrected chi connectivity index (χ4v) is 2.10. The van der Waals surface area contributed by atoms with Crippen LogP contribution in [-0.2, 0) is 16.1 Å². The summed E-state index contributed by atoms with van der Waals surface area (Å²) in [4.78, 5) is 22.1. The smallest absolute Gasteiger partial charge is 0.336 e. The number of ether oxygens (including phenoxy) is 1. The van der Waals surface area contributed by atoms with Crippen molar-refractivity contribution in [3.05, 3.63) is 36.0 Å². The maximum absolute atomic E-state index is 11.1. The summed E-state index contributed by atoms with van der Waals surface area (Å²) in [5, 5.41) is 9.82. The standard InChI is InChI=1S/C14H15NO4/c1-19-13(16)6-3-8-15-9-7-10-11(14(17)18)4-2-5-12(10)15/h2,4-5,7,9H,3,6,8H2,1H3,(H,17,18). The second kappa shape index (κ2) is 5.56. The van der Waals surface area contributed by atoms with Gasteiger partial charge >= 0.3 is 11.9 Å². The Kier molecular flexibility index (Phi) is 3.85. The Labute approximate surface area is 110 Å². The van der Waals surface area contributed by atoms with E-state index < -0.39 is 5.97 Å². The van der Waals surface area contributed by atoms with Crippen LogP contribution in [0.15, 0.2) is 30.5 Å². The number of carboxylic acids is 1. The number of fused-ring (bicyclic) bond motifs is 1. The summed E-state index contributed by atoms with van der Waals surface area (Å²) in [6.07, 6.45) is 2.86. The first-order valence-electron chi connectivity index (χ1n) is 6.01. The molecule has 19 heavy (non-hydrogen) atoms. The first-order valence-corrected chi connectivity index (χ1v) is 6.01. The molecular formula is C14H15NO4. The molecule has 0 unspecified atom stereocenters. The number of hydrogen-bond acceptors (Lipinski definition) is 3. The van der Waals surface area contributed by atoms with Gasteiger partial charge in [-0.25, -0.2) is 4.79 Å². The number of nitrogens with zero attached hydrogens (tertiary/aromatic N) is 1. The maximum Gasteiger partial charge on any atom is 0.336 e. The van der Waals surface area contributed by atoms with Crippen LogP contribution in [0.3, 0.4) is 0 Å². The molecule has 1 aromatic carbocycles. The fourth-order valence-electron chi connectivity index (χ4n) is 2.10. The van der Waals surface area contributed by atoms with Gasteiger partial charge in [-0.3, -0.25) is 4.79 Å². The molecule has 0 atom stereocenters. The molecule has 0 saturated carbocycles. The second-order valence-electron chi connectivity index (χ2n) is 4.23. The van der Waals surface area contributed by atoms with Crippen LogP contribution < -0.4 is 0 Å². The van der Waals surface area contributed by atoms with Gasteiger partial charge < -0.3 is 14.4 Å². The Bertz CT molecular complexity index is 615. The van der Waals surface area contributed by atoms with Gasteiger partial charge in [0.1, 0.15) is 0 Å². The van der Waals surface area contributed by atoms with Gasteiger partial charge in [0.25, 0.3) is 0 Å². The van der Waals surface area contributed by atoms with Gasteiger partial charge in [-0.15, -0.1) is 0 Å². The van der Waals surface area contributed by atoms with Crippen LogP contribution in [0.5, 0.6) is 0 Å². The summed E-state index contributed by atoms with van der Waals surface area (Å²) in [6.45, 7) is 0.654. The Morgan fingerprint density at radius 3 is 2.79 bits per heavy atom. The molecule has 2 aromatic rings. The van der Waals surface area contributed by atoms with Crippen molar-refractivity contribution in [1.82, 2.24) is 4.57 Å². The molecule has 5 nitrogen and oxygen atoms in total. The number of hydrogen-bond donors (Lipinski definition) is 1. The van der Waals surface area contributed by atoms with Crippen molar-refractivity contribution in [2.75, 3.05) is 7.11 Å². The van der Waals surface area contributed by atoms with E-state index in [1.165, 1.54) is 7.11 Å². The summed E-state index contributed by atoms with van der Waals surface area (Å²) >= 11 is 0. The molecule has 0 aliphatic rings. The summed E-state index contributed by atoms with van der Waals surface area (Å²) in [6, 6.07) is 6.98. The van der Waals surface area contributed by atoms with Gasteiger partial charge in [-0.2, -0.15) is 0 Å². The molecule has 5 heteroatoms. The highest BCUT2D eigenvalue weighted by Gasteiger charge is 2.10. The quantitative estimate of drug-likeness (QED) is 0.838. The SMILES string of the molecule is COC(=O)CCCn1ccc2c(C(=O)O)cccc21. The van der Waals surface area contributed by atoms with Gasteiger partial charge in [0.2, 0.25) is 0 Å². The molecule has 0 saturated heterocycles. The molecule has 0 spiro atoms. The highest BCUT2D eigenvalue weighted by molar-refractivity contribution is 6.02. The minimum Gasteiger partial charge on any atom is -0.478 e. The van der Waals surface area contributed by atoms with Gasteiger partial charge in [0.05, 0.1) is 12.7 Å². The molecule has 0 aliphatic heterocycles. The third-order valence-electron chi connectivity index (χ3n) is 3.05. The van der Waals surface area contributed by atoms with Crippen molar-refractivity contribution >= 4 is 22.8 Å². The highest BCUT2D eigenvalue weighted by Crippen LogP contribution is 2.20. The summed E-state index contributed by atoms with van der Waals surface area (Å²) in [5.74, 6) is -1.17. The van der Waals surface area contributed by atoms with Crippen molar-refractivity contribution in [2.45, 2.75) is 19.4 Å². The lowest BCUT2D eigenvalue weighted by Crippen LogP contribution is -2.03. The number of aryl methyl sites for hydroxylation is 1. The van der Waals surface area contributed by atoms with Crippen LogP contribution in [0.1, 0.15) is 23.2 Å². The first kappa shape index (κ1) is 13.1. The predicted octanol–water partition coefficient (Wildman–Crippen LogP) is 2.29. The monoisotopic (exact) mass is 261 g/mol. The molecule has 0 radical (unpaired) electrons. The first-order chi connectivity index (χ1) is 9.13. The Morgan fingerprint density at radius 2 is 2.11 bits per heavy atom. The normalized spacial score (nSPS) is 10.6. The molecule has 100 valence electrons. The summed E-state index contributed by atoms with van der Waals surface area (Å²) in [7, 11) is 1.37. The number of aromatic nitrogens is 1. The fraction of sp³-hybridized carbons (Fsp3) is 0.286. The second-order valence-corrected chi connectivity index (χ2v) is 4.23. The average Bonchev–Trinajstić information content (AvgIpc) is 2.81. The van der Waals surface area contributed by atoms with Crippen LogP contribution >= 0.6 is 0 Å². The van der Waals surface area contributed by atoms with E-state index in [1.54, 1.807) is 18.2 Å². The zero-order chi connectivity index (χ0) is 13.8. The van der Waals surface area contributed by atoms with E-state index in [-0.39, 0.29) is 5.97 Å². The number of carbonyl (C=O) groups is 2. The minimum atomic E-state index is -0.932. The van der Waals surface area contributed by atoms with Crippen LogP contribution in [0.4, 0.5) is 0 Å². The topological polar surface area (TPSA) is 68.5 Å².